The van der Waals surface area contributed by atoms with Crippen LogP contribution in [0.3, 0.4) is 0 Å². The number of oxime groups is 2. The number of benzene rings is 4. The highest BCUT2D eigenvalue weighted by atomic mass is 35.5. The van der Waals surface area contributed by atoms with Crippen LogP contribution in [-0.4, -0.2) is 28.7 Å². The van der Waals surface area contributed by atoms with E-state index in [1.807, 2.05) is 0 Å². The lowest BCUT2D eigenvalue weighted by molar-refractivity contribution is -0.385. The molecule has 6 rings (SSSR count). The summed E-state index contributed by atoms with van der Waals surface area (Å²) in [5.74, 6) is 0. The summed E-state index contributed by atoms with van der Waals surface area (Å²) >= 11 is 23.5. The van der Waals surface area contributed by atoms with Gasteiger partial charge in [-0.25, -0.2) is 0 Å². The first-order chi connectivity index (χ1) is 24.2. The molecule has 0 fully saturated rings. The van der Waals surface area contributed by atoms with Gasteiger partial charge < -0.3 is 15.4 Å². The molecule has 0 saturated carbocycles. The van der Waals surface area contributed by atoms with Crippen LogP contribution < -0.4 is 5.73 Å². The average molecular weight is 808 g/mol. The number of hydrogen-bond donors (Lipinski definition) is 1. The fourth-order valence-corrected chi connectivity index (χ4v) is 6.64. The number of nitro benzene ring substituents is 1. The molecule has 0 aliphatic carbocycles. The fraction of sp³-hybridized carbons (Fsp3) is 0.235. The lowest BCUT2D eigenvalue weighted by Crippen LogP contribution is -2.42. The number of rotatable bonds is 5. The molecule has 8 nitrogen and oxygen atoms in total. The molecule has 0 aromatic heterocycles. The van der Waals surface area contributed by atoms with Gasteiger partial charge in [0, 0.05) is 66.9 Å². The van der Waals surface area contributed by atoms with Crippen LogP contribution in [0.4, 0.5) is 37.7 Å². The molecule has 0 spiro atoms. The molecule has 0 saturated heterocycles. The smallest absolute Gasteiger partial charge is 0.399 e. The Kier molecular flexibility index (Phi) is 10.7. The van der Waals surface area contributed by atoms with Crippen molar-refractivity contribution in [2.75, 3.05) is 5.73 Å². The van der Waals surface area contributed by atoms with E-state index in [4.69, 9.17) is 61.8 Å². The maximum absolute atomic E-state index is 13.9. The van der Waals surface area contributed by atoms with E-state index >= 15 is 0 Å². The summed E-state index contributed by atoms with van der Waals surface area (Å²) in [5.41, 5.74) is 2.39. The van der Waals surface area contributed by atoms with Crippen molar-refractivity contribution in [3.8, 4) is 0 Å². The van der Waals surface area contributed by atoms with Crippen molar-refractivity contribution in [1.29, 1.82) is 0 Å². The number of nitrogens with two attached hydrogens (primary N) is 1. The summed E-state index contributed by atoms with van der Waals surface area (Å²) in [6, 6.07) is 16.2. The van der Waals surface area contributed by atoms with Gasteiger partial charge in [-0.3, -0.25) is 10.1 Å². The Balaban J connectivity index is 0.000000202. The van der Waals surface area contributed by atoms with Gasteiger partial charge in [-0.1, -0.05) is 62.8 Å². The zero-order valence-corrected chi connectivity index (χ0v) is 29.7. The molecule has 4 aromatic rings. The van der Waals surface area contributed by atoms with Crippen molar-refractivity contribution in [2.45, 2.75) is 50.2 Å². The van der Waals surface area contributed by atoms with E-state index in [0.717, 1.165) is 17.7 Å². The first-order valence-electron chi connectivity index (χ1n) is 14.8. The molecule has 2 aliphatic heterocycles. The second-order valence-corrected chi connectivity index (χ2v) is 13.7. The summed E-state index contributed by atoms with van der Waals surface area (Å²) in [6.07, 6.45) is -10.6. The van der Waals surface area contributed by atoms with Gasteiger partial charge in [-0.2, -0.15) is 26.3 Å². The van der Waals surface area contributed by atoms with Crippen molar-refractivity contribution in [2.24, 2.45) is 10.3 Å². The Morgan fingerprint density at radius 2 is 1.06 bits per heavy atom. The van der Waals surface area contributed by atoms with Gasteiger partial charge >= 0.3 is 12.4 Å². The maximum atomic E-state index is 13.9. The number of anilines is 1. The predicted octanol–water partition coefficient (Wildman–Crippen LogP) is 11.3. The highest BCUT2D eigenvalue weighted by molar-refractivity contribution is 6.35. The van der Waals surface area contributed by atoms with Crippen LogP contribution in [0.1, 0.15) is 46.2 Å². The number of alkyl halides is 6. The Hall–Kier alpha value is -4.24. The fourth-order valence-electron chi connectivity index (χ4n) is 5.59. The summed E-state index contributed by atoms with van der Waals surface area (Å²) in [5, 5.41) is 18.5. The Morgan fingerprint density at radius 3 is 1.40 bits per heavy atom. The lowest BCUT2D eigenvalue weighted by atomic mass is 9.86. The highest BCUT2D eigenvalue weighted by Gasteiger charge is 2.63. The van der Waals surface area contributed by atoms with Gasteiger partial charge in [-0.15, -0.1) is 0 Å². The molecular formula is C34H24Cl4F6N4O4. The average Bonchev–Trinajstić information content (AvgIpc) is 3.69. The summed E-state index contributed by atoms with van der Waals surface area (Å²) in [4.78, 5) is 20.2. The second kappa shape index (κ2) is 14.3. The third-order valence-corrected chi connectivity index (χ3v) is 9.23. The third-order valence-electron chi connectivity index (χ3n) is 8.36. The molecule has 0 bridgehead atoms. The number of aryl methyl sites for hydroxylation is 2. The van der Waals surface area contributed by atoms with Crippen LogP contribution in [0.2, 0.25) is 20.1 Å². The largest absolute Gasteiger partial charge is 0.435 e. The lowest BCUT2D eigenvalue weighted by Gasteiger charge is -2.29. The standard InChI is InChI=1S/C17H11Cl2F3N2O3.C17H13Cl2F3N2O/c1-9-4-10(2-3-15(9)24(25)26)14-8-16(27-23-14,17(20,21)22)11-5-12(18)7-13(19)6-11;1-9-4-10(2-3-14(9)23)15-8-16(25-24-15,17(20,21)22)11-5-12(18)7-13(19)6-11/h2-7H,8H2,1H3;2-7H,8,23H2,1H3. The molecule has 0 radical (unpaired) electrons. The minimum Gasteiger partial charge on any atom is -0.399 e. The monoisotopic (exact) mass is 806 g/mol. The minimum atomic E-state index is -4.80. The van der Waals surface area contributed by atoms with Gasteiger partial charge in [0.2, 0.25) is 0 Å². The molecule has 0 amide bonds. The zero-order chi connectivity index (χ0) is 38.4. The van der Waals surface area contributed by atoms with Crippen LogP contribution in [0.25, 0.3) is 0 Å². The zero-order valence-electron chi connectivity index (χ0n) is 26.7. The van der Waals surface area contributed by atoms with E-state index in [2.05, 4.69) is 10.3 Å². The first-order valence-corrected chi connectivity index (χ1v) is 16.4. The molecule has 274 valence electrons. The Bertz CT molecular complexity index is 2090. The highest BCUT2D eigenvalue weighted by Crippen LogP contribution is 2.51. The van der Waals surface area contributed by atoms with Crippen molar-refractivity contribution in [3.05, 3.63) is 136 Å². The van der Waals surface area contributed by atoms with Crippen LogP contribution in [-0.2, 0) is 20.9 Å². The van der Waals surface area contributed by atoms with Crippen LogP contribution in [0, 0.1) is 24.0 Å². The summed E-state index contributed by atoms with van der Waals surface area (Å²) < 4.78 is 83.5. The van der Waals surface area contributed by atoms with Gasteiger partial charge in [0.1, 0.15) is 0 Å². The van der Waals surface area contributed by atoms with E-state index in [0.29, 0.717) is 22.4 Å². The van der Waals surface area contributed by atoms with Gasteiger partial charge in [-0.05, 0) is 85.6 Å². The topological polar surface area (TPSA) is 112 Å². The number of halogens is 10. The molecule has 2 atom stereocenters. The van der Waals surface area contributed by atoms with Crippen molar-refractivity contribution >= 4 is 69.2 Å². The molecule has 4 aromatic carbocycles. The normalized spacial score (nSPS) is 19.9. The quantitative estimate of drug-likeness (QED) is 0.0934. The molecule has 52 heavy (non-hydrogen) atoms. The van der Waals surface area contributed by atoms with Crippen LogP contribution in [0.15, 0.2) is 83.1 Å². The van der Waals surface area contributed by atoms with E-state index in [1.165, 1.54) is 49.4 Å². The first kappa shape index (κ1) is 39.0. The van der Waals surface area contributed by atoms with Gasteiger partial charge in [0.15, 0.2) is 0 Å². The van der Waals surface area contributed by atoms with Crippen molar-refractivity contribution in [1.82, 2.24) is 0 Å². The molecular weight excluding hydrogens is 784 g/mol. The Morgan fingerprint density at radius 1 is 0.673 bits per heavy atom. The summed E-state index contributed by atoms with van der Waals surface area (Å²) in [6.45, 7) is 3.26. The Labute approximate surface area is 311 Å². The predicted molar refractivity (Wildman–Crippen MR) is 186 cm³/mol. The second-order valence-electron chi connectivity index (χ2n) is 11.9. The van der Waals surface area contributed by atoms with Gasteiger partial charge in [0.05, 0.1) is 16.3 Å². The third kappa shape index (κ3) is 7.61. The van der Waals surface area contributed by atoms with E-state index < -0.39 is 41.3 Å². The molecule has 2 unspecified atom stereocenters. The molecule has 2 aliphatic rings. The molecule has 2 heterocycles. The van der Waals surface area contributed by atoms with E-state index in [9.17, 15) is 36.5 Å². The molecule has 18 heteroatoms. The van der Waals surface area contributed by atoms with E-state index in [-0.39, 0.29) is 48.3 Å². The van der Waals surface area contributed by atoms with Crippen molar-refractivity contribution < 1.29 is 40.9 Å². The number of hydrogen-bond acceptors (Lipinski definition) is 7. The maximum Gasteiger partial charge on any atom is 0.435 e. The summed E-state index contributed by atoms with van der Waals surface area (Å²) in [7, 11) is 0. The number of nitrogen functional groups attached to an aromatic ring is 1. The van der Waals surface area contributed by atoms with Gasteiger partial charge in [0.25, 0.3) is 16.9 Å². The van der Waals surface area contributed by atoms with E-state index in [1.54, 1.807) is 25.1 Å². The molecule has 2 N–H and O–H groups in total. The van der Waals surface area contributed by atoms with Crippen LogP contribution in [0.5, 0.6) is 0 Å². The SMILES string of the molecule is Cc1cc(C2=NOC(c3cc(Cl)cc(Cl)c3)(C(F)(F)F)C2)ccc1N.Cc1cc(C2=NOC(c3cc(Cl)cc(Cl)c3)(C(F)(F)F)C2)ccc1[N+](=O)[O-]. The minimum absolute atomic E-state index is 0.0152. The van der Waals surface area contributed by atoms with Crippen molar-refractivity contribution in [3.63, 3.8) is 0 Å². The number of nitro groups is 1. The number of nitrogens with zero attached hydrogens (tertiary/aromatic N) is 3. The van der Waals surface area contributed by atoms with Crippen LogP contribution >= 0.6 is 46.4 Å².